The molecule has 7 heteroatoms. The first-order valence-corrected chi connectivity index (χ1v) is 9.14. The van der Waals surface area contributed by atoms with Gasteiger partial charge in [-0.2, -0.15) is 0 Å². The lowest BCUT2D eigenvalue weighted by molar-refractivity contribution is -0.122. The zero-order valence-electron chi connectivity index (χ0n) is 14.9. The molecule has 0 saturated carbocycles. The highest BCUT2D eigenvalue weighted by molar-refractivity contribution is 7.80. The Morgan fingerprint density at radius 2 is 1.88 bits per heavy atom. The maximum absolute atomic E-state index is 11.9. The summed E-state index contributed by atoms with van der Waals surface area (Å²) in [6.07, 6.45) is 0.845. The average Bonchev–Trinajstić information content (AvgIpc) is 2.65. The smallest absolute Gasteiger partial charge is 0.234 e. The Balaban J connectivity index is 1.62. The molecule has 138 valence electrons. The van der Waals surface area contributed by atoms with Crippen molar-refractivity contribution in [2.45, 2.75) is 13.0 Å². The number of thiocarbonyl (C=S) groups is 1. The van der Waals surface area contributed by atoms with Crippen LogP contribution in [0, 0.1) is 0 Å². The van der Waals surface area contributed by atoms with Crippen LogP contribution in [0.25, 0.3) is 0 Å². The van der Waals surface area contributed by atoms with E-state index in [9.17, 15) is 4.79 Å². The predicted octanol–water partition coefficient (Wildman–Crippen LogP) is 0.831. The van der Waals surface area contributed by atoms with E-state index in [0.717, 1.165) is 44.3 Å². The summed E-state index contributed by atoms with van der Waals surface area (Å²) in [6.45, 7) is 5.91. The van der Waals surface area contributed by atoms with Crippen molar-refractivity contribution in [3.8, 4) is 0 Å². The number of carbonyl (C=O) groups excluding carboxylic acids is 1. The minimum Gasteiger partial charge on any atom is -0.385 e. The Morgan fingerprint density at radius 3 is 2.56 bits per heavy atom. The quantitative estimate of drug-likeness (QED) is 0.526. The van der Waals surface area contributed by atoms with E-state index >= 15 is 0 Å². The molecule has 2 N–H and O–H groups in total. The van der Waals surface area contributed by atoms with Gasteiger partial charge in [0.15, 0.2) is 5.11 Å². The summed E-state index contributed by atoms with van der Waals surface area (Å²) in [6, 6.07) is 10.2. The molecule has 25 heavy (non-hydrogen) atoms. The molecule has 1 fully saturated rings. The molecule has 0 aliphatic carbocycles. The average molecular weight is 365 g/mol. The second kappa shape index (κ2) is 11.0. The molecule has 1 amide bonds. The van der Waals surface area contributed by atoms with Crippen LogP contribution >= 0.6 is 12.2 Å². The van der Waals surface area contributed by atoms with Gasteiger partial charge < -0.3 is 20.3 Å². The van der Waals surface area contributed by atoms with Gasteiger partial charge in [-0.3, -0.25) is 9.69 Å². The predicted molar refractivity (Wildman–Crippen MR) is 103 cm³/mol. The van der Waals surface area contributed by atoms with E-state index in [1.165, 1.54) is 5.56 Å². The van der Waals surface area contributed by atoms with Gasteiger partial charge in [0.05, 0.1) is 6.54 Å². The molecule has 1 aromatic rings. The van der Waals surface area contributed by atoms with Gasteiger partial charge in [-0.1, -0.05) is 30.3 Å². The normalized spacial score (nSPS) is 15.0. The van der Waals surface area contributed by atoms with E-state index in [1.54, 1.807) is 7.11 Å². The summed E-state index contributed by atoms with van der Waals surface area (Å²) in [5.41, 5.74) is 1.22. The van der Waals surface area contributed by atoms with Crippen LogP contribution in [0.4, 0.5) is 0 Å². The number of nitrogens with zero attached hydrogens (tertiary/aromatic N) is 2. The largest absolute Gasteiger partial charge is 0.385 e. The second-order valence-corrected chi connectivity index (χ2v) is 6.49. The van der Waals surface area contributed by atoms with E-state index in [0.29, 0.717) is 19.7 Å². The molecule has 6 nitrogen and oxygen atoms in total. The highest BCUT2D eigenvalue weighted by Gasteiger charge is 2.20. The molecule has 0 radical (unpaired) electrons. The Kier molecular flexibility index (Phi) is 8.65. The first-order chi connectivity index (χ1) is 12.2. The minimum absolute atomic E-state index is 0.0781. The molecule has 0 unspecified atom stereocenters. The summed E-state index contributed by atoms with van der Waals surface area (Å²) in [5.74, 6) is 0.0781. The molecule has 1 aliphatic heterocycles. The number of benzene rings is 1. The second-order valence-electron chi connectivity index (χ2n) is 6.10. The standard InChI is InChI=1S/C18H28N4O2S/c1-24-13-5-8-19-17(23)15-21-9-11-22(12-10-21)18(25)20-14-16-6-3-2-4-7-16/h2-4,6-7H,5,8-15H2,1H3,(H,19,23)(H,20,25). The number of rotatable bonds is 8. The maximum atomic E-state index is 11.9. The lowest BCUT2D eigenvalue weighted by Crippen LogP contribution is -2.53. The van der Waals surface area contributed by atoms with Crippen LogP contribution in [-0.2, 0) is 16.1 Å². The van der Waals surface area contributed by atoms with Crippen LogP contribution in [-0.4, -0.2) is 73.8 Å². The van der Waals surface area contributed by atoms with Gasteiger partial charge in [0.1, 0.15) is 0 Å². The van der Waals surface area contributed by atoms with Crippen LogP contribution in [0.5, 0.6) is 0 Å². The van der Waals surface area contributed by atoms with Crippen molar-refractivity contribution >= 4 is 23.2 Å². The zero-order valence-corrected chi connectivity index (χ0v) is 15.7. The number of hydrogen-bond donors (Lipinski definition) is 2. The van der Waals surface area contributed by atoms with Gasteiger partial charge in [0.2, 0.25) is 5.91 Å². The number of amides is 1. The highest BCUT2D eigenvalue weighted by atomic mass is 32.1. The Labute approximate surface area is 155 Å². The van der Waals surface area contributed by atoms with Gasteiger partial charge in [-0.15, -0.1) is 0 Å². The van der Waals surface area contributed by atoms with Crippen LogP contribution in [0.3, 0.4) is 0 Å². The molecular formula is C18H28N4O2S. The summed E-state index contributed by atoms with van der Waals surface area (Å²) in [4.78, 5) is 16.2. The van der Waals surface area contributed by atoms with E-state index in [1.807, 2.05) is 18.2 Å². The van der Waals surface area contributed by atoms with Crippen LogP contribution in [0.15, 0.2) is 30.3 Å². The van der Waals surface area contributed by atoms with Gasteiger partial charge in [-0.25, -0.2) is 0 Å². The molecule has 1 heterocycles. The molecular weight excluding hydrogens is 336 g/mol. The fraction of sp³-hybridized carbons (Fsp3) is 0.556. The van der Waals surface area contributed by atoms with E-state index in [4.69, 9.17) is 17.0 Å². The number of piperazine rings is 1. The Morgan fingerprint density at radius 1 is 1.16 bits per heavy atom. The summed E-state index contributed by atoms with van der Waals surface area (Å²) in [7, 11) is 1.67. The lowest BCUT2D eigenvalue weighted by atomic mass is 10.2. The van der Waals surface area contributed by atoms with Crippen molar-refractivity contribution in [1.29, 1.82) is 0 Å². The summed E-state index contributed by atoms with van der Waals surface area (Å²) < 4.78 is 4.97. The van der Waals surface area contributed by atoms with E-state index in [-0.39, 0.29) is 5.91 Å². The fourth-order valence-corrected chi connectivity index (χ4v) is 2.95. The third-order valence-electron chi connectivity index (χ3n) is 4.16. The maximum Gasteiger partial charge on any atom is 0.234 e. The van der Waals surface area contributed by atoms with E-state index in [2.05, 4.69) is 32.6 Å². The molecule has 1 aromatic carbocycles. The Hall–Kier alpha value is -1.70. The van der Waals surface area contributed by atoms with Crippen molar-refractivity contribution < 1.29 is 9.53 Å². The SMILES string of the molecule is COCCCNC(=O)CN1CCN(C(=S)NCc2ccccc2)CC1. The molecule has 1 aliphatic rings. The van der Waals surface area contributed by atoms with Crippen LogP contribution < -0.4 is 10.6 Å². The monoisotopic (exact) mass is 364 g/mol. The summed E-state index contributed by atoms with van der Waals surface area (Å²) >= 11 is 5.49. The van der Waals surface area contributed by atoms with Crippen molar-refractivity contribution in [1.82, 2.24) is 20.4 Å². The number of methoxy groups -OCH3 is 1. The molecule has 0 aromatic heterocycles. The number of ether oxygens (including phenoxy) is 1. The highest BCUT2D eigenvalue weighted by Crippen LogP contribution is 2.03. The molecule has 0 spiro atoms. The molecule has 0 bridgehead atoms. The van der Waals surface area contributed by atoms with Gasteiger partial charge in [-0.05, 0) is 24.2 Å². The zero-order chi connectivity index (χ0) is 17.9. The first kappa shape index (κ1) is 19.6. The van der Waals surface area contributed by atoms with Gasteiger partial charge >= 0.3 is 0 Å². The van der Waals surface area contributed by atoms with Crippen LogP contribution in [0.1, 0.15) is 12.0 Å². The van der Waals surface area contributed by atoms with Crippen molar-refractivity contribution in [3.63, 3.8) is 0 Å². The first-order valence-electron chi connectivity index (χ1n) is 8.73. The van der Waals surface area contributed by atoms with Crippen molar-refractivity contribution in [2.75, 3.05) is 53.0 Å². The third kappa shape index (κ3) is 7.37. The molecule has 1 saturated heterocycles. The van der Waals surface area contributed by atoms with Crippen molar-refractivity contribution in [3.05, 3.63) is 35.9 Å². The van der Waals surface area contributed by atoms with Gasteiger partial charge in [0, 0.05) is 53.0 Å². The van der Waals surface area contributed by atoms with Crippen LogP contribution in [0.2, 0.25) is 0 Å². The topological polar surface area (TPSA) is 56.8 Å². The van der Waals surface area contributed by atoms with Gasteiger partial charge in [0.25, 0.3) is 0 Å². The molecule has 2 rings (SSSR count). The summed E-state index contributed by atoms with van der Waals surface area (Å²) in [5, 5.41) is 7.02. The number of carbonyl (C=O) groups is 1. The molecule has 0 atom stereocenters. The fourth-order valence-electron chi connectivity index (χ4n) is 2.70. The lowest BCUT2D eigenvalue weighted by Gasteiger charge is -2.35. The van der Waals surface area contributed by atoms with Crippen molar-refractivity contribution in [2.24, 2.45) is 0 Å². The third-order valence-corrected chi connectivity index (χ3v) is 4.56. The Bertz CT molecular complexity index is 533. The minimum atomic E-state index is 0.0781. The van der Waals surface area contributed by atoms with E-state index < -0.39 is 0 Å². The number of nitrogens with one attached hydrogen (secondary N) is 2. The number of hydrogen-bond acceptors (Lipinski definition) is 4.